The van der Waals surface area contributed by atoms with Gasteiger partial charge < -0.3 is 35.4 Å². The Morgan fingerprint density at radius 3 is 1.29 bits per heavy atom. The molecule has 4 nitrogen and oxygen atoms in total. The number of benzene rings is 2. The molecule has 0 spiro atoms. The van der Waals surface area contributed by atoms with Crippen LogP contribution in [0, 0.1) is 0 Å². The minimum Gasteiger partial charge on any atom is -1.00 e. The molecule has 0 fully saturated rings. The SMILES string of the molecule is CC(C)c1cccc(C(C)C)c1NCCN(CCNc1c(C(C)C)cccc1C(C)C)Cc1ccccn1.[Cl-].[Cl-].[Re+2]. The first-order valence-corrected chi connectivity index (χ1v) is 14.5. The van der Waals surface area contributed by atoms with Crippen LogP contribution in [0.4, 0.5) is 11.4 Å². The van der Waals surface area contributed by atoms with Gasteiger partial charge in [-0.1, -0.05) is 97.9 Å². The normalized spacial score (nSPS) is 11.0. The van der Waals surface area contributed by atoms with Crippen LogP contribution in [-0.4, -0.2) is 36.1 Å². The molecule has 0 aliphatic carbocycles. The Labute approximate surface area is 276 Å². The van der Waals surface area contributed by atoms with Gasteiger partial charge in [0.1, 0.15) is 0 Å². The van der Waals surface area contributed by atoms with Crippen molar-refractivity contribution in [1.29, 1.82) is 0 Å². The minimum atomic E-state index is 0. The molecular formula is C34H50Cl2N4Re. The summed E-state index contributed by atoms with van der Waals surface area (Å²) in [5, 5.41) is 7.67. The minimum absolute atomic E-state index is 0. The van der Waals surface area contributed by atoms with Crippen LogP contribution >= 0.6 is 0 Å². The van der Waals surface area contributed by atoms with Crippen LogP contribution in [0.3, 0.4) is 0 Å². The van der Waals surface area contributed by atoms with Gasteiger partial charge in [-0.15, -0.1) is 0 Å². The van der Waals surface area contributed by atoms with Gasteiger partial charge in [-0.3, -0.25) is 9.88 Å². The van der Waals surface area contributed by atoms with Gasteiger partial charge in [-0.25, -0.2) is 0 Å². The van der Waals surface area contributed by atoms with E-state index < -0.39 is 0 Å². The van der Waals surface area contributed by atoms with E-state index >= 15 is 0 Å². The molecule has 0 saturated carbocycles. The third-order valence-electron chi connectivity index (χ3n) is 7.32. The quantitative estimate of drug-likeness (QED) is 0.265. The number of halogens is 2. The van der Waals surface area contributed by atoms with Gasteiger partial charge in [0.05, 0.1) is 5.69 Å². The zero-order valence-electron chi connectivity index (χ0n) is 26.1. The van der Waals surface area contributed by atoms with Crippen LogP contribution in [0.1, 0.15) is 107 Å². The summed E-state index contributed by atoms with van der Waals surface area (Å²) in [7, 11) is 0. The van der Waals surface area contributed by atoms with E-state index in [0.29, 0.717) is 23.7 Å². The Bertz CT molecular complexity index is 1010. The molecule has 3 rings (SSSR count). The zero-order chi connectivity index (χ0) is 27.7. The second kappa shape index (κ2) is 19.6. The van der Waals surface area contributed by atoms with Crippen molar-refractivity contribution >= 4 is 11.4 Å². The molecule has 7 heteroatoms. The van der Waals surface area contributed by atoms with Gasteiger partial charge in [0.15, 0.2) is 0 Å². The Morgan fingerprint density at radius 2 is 0.976 bits per heavy atom. The van der Waals surface area contributed by atoms with Crippen molar-refractivity contribution in [3.05, 3.63) is 88.7 Å². The van der Waals surface area contributed by atoms with Crippen molar-refractivity contribution in [1.82, 2.24) is 9.88 Å². The molecule has 1 aromatic heterocycles. The van der Waals surface area contributed by atoms with E-state index in [0.717, 1.165) is 38.4 Å². The maximum atomic E-state index is 4.62. The molecule has 1 radical (unpaired) electrons. The number of anilines is 2. The summed E-state index contributed by atoms with van der Waals surface area (Å²) in [6.45, 7) is 22.8. The number of aromatic nitrogens is 1. The Balaban J connectivity index is 0.00000533. The van der Waals surface area contributed by atoms with Crippen LogP contribution in [-0.2, 0) is 27.0 Å². The first-order valence-electron chi connectivity index (χ1n) is 14.5. The fourth-order valence-electron chi connectivity index (χ4n) is 5.18. The zero-order valence-corrected chi connectivity index (χ0v) is 30.4. The summed E-state index contributed by atoms with van der Waals surface area (Å²) in [6.07, 6.45) is 1.89. The predicted molar refractivity (Wildman–Crippen MR) is 166 cm³/mol. The molecule has 2 aromatic carbocycles. The van der Waals surface area contributed by atoms with Gasteiger partial charge in [-0.2, -0.15) is 0 Å². The molecule has 41 heavy (non-hydrogen) atoms. The average molecular weight is 772 g/mol. The van der Waals surface area contributed by atoms with E-state index in [-0.39, 0.29) is 45.2 Å². The van der Waals surface area contributed by atoms with E-state index in [4.69, 9.17) is 0 Å². The topological polar surface area (TPSA) is 40.2 Å². The molecule has 0 atom stereocenters. The Kier molecular flexibility index (Phi) is 18.8. The smallest absolute Gasteiger partial charge is 1.00 e. The maximum Gasteiger partial charge on any atom is 2.00 e. The molecule has 0 aliphatic rings. The molecule has 0 amide bonds. The fraction of sp³-hybridized carbons (Fsp3) is 0.500. The van der Waals surface area contributed by atoms with Gasteiger partial charge >= 0.3 is 20.4 Å². The van der Waals surface area contributed by atoms with Gasteiger partial charge in [0.2, 0.25) is 0 Å². The summed E-state index contributed by atoms with van der Waals surface area (Å²) in [4.78, 5) is 7.13. The molecule has 0 bridgehead atoms. The van der Waals surface area contributed by atoms with E-state index in [9.17, 15) is 0 Å². The largest absolute Gasteiger partial charge is 2.00 e. The third-order valence-corrected chi connectivity index (χ3v) is 7.32. The molecule has 0 saturated heterocycles. The van der Waals surface area contributed by atoms with E-state index in [1.54, 1.807) is 0 Å². The first kappa shape index (κ1) is 39.4. The predicted octanol–water partition coefficient (Wildman–Crippen LogP) is 2.61. The number of hydrogen-bond acceptors (Lipinski definition) is 4. The summed E-state index contributed by atoms with van der Waals surface area (Å²) in [6, 6.07) is 19.7. The van der Waals surface area contributed by atoms with E-state index in [2.05, 4.69) is 124 Å². The van der Waals surface area contributed by atoms with Gasteiger partial charge in [-0.05, 0) is 58.1 Å². The second-order valence-electron chi connectivity index (χ2n) is 11.7. The van der Waals surface area contributed by atoms with Crippen molar-refractivity contribution in [2.45, 2.75) is 85.6 Å². The van der Waals surface area contributed by atoms with Crippen LogP contribution in [0.5, 0.6) is 0 Å². The third kappa shape index (κ3) is 11.5. The first-order chi connectivity index (χ1) is 18.2. The number of para-hydroxylation sites is 2. The molecular weight excluding hydrogens is 722 g/mol. The Morgan fingerprint density at radius 1 is 0.585 bits per heavy atom. The number of nitrogens with zero attached hydrogens (tertiary/aromatic N) is 2. The van der Waals surface area contributed by atoms with Crippen molar-refractivity contribution in [3.63, 3.8) is 0 Å². The van der Waals surface area contributed by atoms with E-state index in [1.165, 1.54) is 33.6 Å². The number of rotatable bonds is 14. The number of hydrogen-bond donors (Lipinski definition) is 2. The Hall–Kier alpha value is -1.61. The van der Waals surface area contributed by atoms with Crippen LogP contribution in [0.2, 0.25) is 0 Å². The van der Waals surface area contributed by atoms with Crippen LogP contribution in [0.25, 0.3) is 0 Å². The number of nitrogens with one attached hydrogen (secondary N) is 2. The molecule has 0 aliphatic heterocycles. The van der Waals surface area contributed by atoms with Crippen LogP contribution < -0.4 is 35.4 Å². The summed E-state index contributed by atoms with van der Waals surface area (Å²) >= 11 is 0. The average Bonchev–Trinajstić information content (AvgIpc) is 2.88. The summed E-state index contributed by atoms with van der Waals surface area (Å²) in [5.74, 6) is 1.95. The molecule has 0 unspecified atom stereocenters. The van der Waals surface area contributed by atoms with E-state index in [1.807, 2.05) is 12.3 Å². The molecule has 1 heterocycles. The second-order valence-corrected chi connectivity index (χ2v) is 11.7. The molecule has 227 valence electrons. The number of pyridine rings is 1. The standard InChI is InChI=1S/C34H50N4.2ClH.Re/c1-24(2)29-14-11-15-30(25(3)4)33(29)36-19-21-38(23-28-13-9-10-18-35-28)22-20-37-34-31(26(5)6)16-12-17-32(34)27(7)8;;;/h9-18,24-27,36-37H,19-23H2,1-8H3;2*1H;/q;;;+2/p-2. The molecule has 2 N–H and O–H groups in total. The van der Waals surface area contributed by atoms with Crippen molar-refractivity contribution in [2.24, 2.45) is 0 Å². The van der Waals surface area contributed by atoms with Gasteiger partial charge in [0.25, 0.3) is 0 Å². The maximum absolute atomic E-state index is 4.62. The van der Waals surface area contributed by atoms with Crippen molar-refractivity contribution < 1.29 is 45.2 Å². The fourth-order valence-corrected chi connectivity index (χ4v) is 5.18. The summed E-state index contributed by atoms with van der Waals surface area (Å²) in [5.41, 5.74) is 9.37. The summed E-state index contributed by atoms with van der Waals surface area (Å²) < 4.78 is 0. The van der Waals surface area contributed by atoms with Crippen molar-refractivity contribution in [3.8, 4) is 0 Å². The monoisotopic (exact) mass is 771 g/mol. The van der Waals surface area contributed by atoms with Crippen molar-refractivity contribution in [2.75, 3.05) is 36.8 Å². The molecule has 3 aromatic rings. The van der Waals surface area contributed by atoms with Gasteiger partial charge in [0, 0.05) is 50.3 Å². The van der Waals surface area contributed by atoms with Crippen LogP contribution in [0.15, 0.2) is 60.8 Å².